The summed E-state index contributed by atoms with van der Waals surface area (Å²) in [4.78, 5) is 0.979. The topological polar surface area (TPSA) is 38.3 Å². The minimum absolute atomic E-state index is 0.281. The Morgan fingerprint density at radius 3 is 2.90 bits per heavy atom. The van der Waals surface area contributed by atoms with Gasteiger partial charge in [0, 0.05) is 29.2 Å². The zero-order valence-corrected chi connectivity index (χ0v) is 13.5. The molecule has 3 atom stereocenters. The molecule has 0 radical (unpaired) electrons. The van der Waals surface area contributed by atoms with E-state index in [1.807, 2.05) is 13.8 Å². The third kappa shape index (κ3) is 3.90. The van der Waals surface area contributed by atoms with Crippen LogP contribution in [0.4, 0.5) is 0 Å². The van der Waals surface area contributed by atoms with Crippen LogP contribution in [0.2, 0.25) is 0 Å². The predicted molar refractivity (Wildman–Crippen MR) is 83.6 cm³/mol. The first-order valence-corrected chi connectivity index (χ1v) is 8.70. The van der Waals surface area contributed by atoms with Gasteiger partial charge in [-0.15, -0.1) is 0 Å². The maximum atomic E-state index is 12.7. The quantitative estimate of drug-likeness (QED) is 0.876. The van der Waals surface area contributed by atoms with Gasteiger partial charge in [-0.05, 0) is 44.0 Å². The Labute approximate surface area is 124 Å². The Bertz CT molecular complexity index is 470. The van der Waals surface area contributed by atoms with Gasteiger partial charge in [0.15, 0.2) is 0 Å². The highest BCUT2D eigenvalue weighted by molar-refractivity contribution is 7.85. The molecule has 1 aliphatic heterocycles. The molecule has 0 amide bonds. The standard InChI is InChI=1S/C16H25NO2S/c1-4-17-15(14-7-8-19-10-14)11-20(18)16-9-12(2)5-6-13(16)3/h5-6,9,14-15,17H,4,7-8,10-11H2,1-3H3. The van der Waals surface area contributed by atoms with Crippen molar-refractivity contribution >= 4 is 10.8 Å². The first-order valence-electron chi connectivity index (χ1n) is 7.38. The molecule has 1 fully saturated rings. The van der Waals surface area contributed by atoms with Gasteiger partial charge in [-0.2, -0.15) is 0 Å². The molecular formula is C16H25NO2S. The first-order chi connectivity index (χ1) is 9.61. The number of hydrogen-bond donors (Lipinski definition) is 1. The normalized spacial score (nSPS) is 21.9. The third-order valence-corrected chi connectivity index (χ3v) is 5.51. The van der Waals surface area contributed by atoms with E-state index in [-0.39, 0.29) is 6.04 Å². The molecule has 1 saturated heterocycles. The first kappa shape index (κ1) is 15.7. The van der Waals surface area contributed by atoms with Crippen LogP contribution in [0, 0.1) is 19.8 Å². The van der Waals surface area contributed by atoms with E-state index in [0.717, 1.165) is 36.6 Å². The van der Waals surface area contributed by atoms with Crippen LogP contribution < -0.4 is 5.32 Å². The molecule has 112 valence electrons. The molecule has 3 unspecified atom stereocenters. The van der Waals surface area contributed by atoms with Crippen molar-refractivity contribution in [3.63, 3.8) is 0 Å². The predicted octanol–water partition coefficient (Wildman–Crippen LogP) is 2.43. The largest absolute Gasteiger partial charge is 0.381 e. The van der Waals surface area contributed by atoms with E-state index in [2.05, 4.69) is 30.4 Å². The Kier molecular flexibility index (Phi) is 5.75. The van der Waals surface area contributed by atoms with Gasteiger partial charge in [-0.3, -0.25) is 4.21 Å². The van der Waals surface area contributed by atoms with Crippen molar-refractivity contribution in [3.05, 3.63) is 29.3 Å². The molecule has 0 saturated carbocycles. The van der Waals surface area contributed by atoms with Crippen molar-refractivity contribution < 1.29 is 8.95 Å². The number of nitrogens with one attached hydrogen (secondary N) is 1. The lowest BCUT2D eigenvalue weighted by molar-refractivity contribution is 0.179. The minimum Gasteiger partial charge on any atom is -0.381 e. The average Bonchev–Trinajstić information content (AvgIpc) is 2.95. The molecule has 1 aromatic carbocycles. The summed E-state index contributed by atoms with van der Waals surface area (Å²) >= 11 is 0. The molecule has 3 nitrogen and oxygen atoms in total. The monoisotopic (exact) mass is 295 g/mol. The van der Waals surface area contributed by atoms with Crippen molar-refractivity contribution in [2.75, 3.05) is 25.5 Å². The van der Waals surface area contributed by atoms with Gasteiger partial charge in [0.05, 0.1) is 17.4 Å². The third-order valence-electron chi connectivity index (χ3n) is 3.92. The molecule has 4 heteroatoms. The maximum absolute atomic E-state index is 12.7. The van der Waals surface area contributed by atoms with Crippen LogP contribution in [0.5, 0.6) is 0 Å². The van der Waals surface area contributed by atoms with Gasteiger partial charge in [0.2, 0.25) is 0 Å². The van der Waals surface area contributed by atoms with Crippen molar-refractivity contribution in [1.29, 1.82) is 0 Å². The summed E-state index contributed by atoms with van der Waals surface area (Å²) in [6, 6.07) is 6.47. The van der Waals surface area contributed by atoms with Crippen molar-refractivity contribution in [1.82, 2.24) is 5.32 Å². The second kappa shape index (κ2) is 7.34. The molecule has 1 aromatic rings. The van der Waals surface area contributed by atoms with Crippen molar-refractivity contribution in [2.24, 2.45) is 5.92 Å². The van der Waals surface area contributed by atoms with E-state index < -0.39 is 10.8 Å². The van der Waals surface area contributed by atoms with Gasteiger partial charge >= 0.3 is 0 Å². The van der Waals surface area contributed by atoms with E-state index in [4.69, 9.17) is 4.74 Å². The Morgan fingerprint density at radius 2 is 2.25 bits per heavy atom. The van der Waals surface area contributed by atoms with E-state index >= 15 is 0 Å². The van der Waals surface area contributed by atoms with Crippen LogP contribution in [0.1, 0.15) is 24.5 Å². The van der Waals surface area contributed by atoms with Crippen LogP contribution in [-0.2, 0) is 15.5 Å². The fourth-order valence-corrected chi connectivity index (χ4v) is 4.34. The van der Waals surface area contributed by atoms with E-state index in [1.165, 1.54) is 5.56 Å². The SMILES string of the molecule is CCNC(CS(=O)c1cc(C)ccc1C)C1CCOC1. The minimum atomic E-state index is -0.951. The molecule has 0 aliphatic carbocycles. The maximum Gasteiger partial charge on any atom is 0.0548 e. The lowest BCUT2D eigenvalue weighted by Crippen LogP contribution is -2.40. The summed E-state index contributed by atoms with van der Waals surface area (Å²) in [6.45, 7) is 8.72. The smallest absolute Gasteiger partial charge is 0.0548 e. The molecule has 0 aromatic heterocycles. The number of ether oxygens (including phenoxy) is 1. The average molecular weight is 295 g/mol. The molecule has 20 heavy (non-hydrogen) atoms. The fraction of sp³-hybridized carbons (Fsp3) is 0.625. The lowest BCUT2D eigenvalue weighted by atomic mass is 10.0. The molecule has 1 heterocycles. The second-order valence-electron chi connectivity index (χ2n) is 5.57. The summed E-state index contributed by atoms with van der Waals surface area (Å²) < 4.78 is 18.2. The zero-order chi connectivity index (χ0) is 14.5. The summed E-state index contributed by atoms with van der Waals surface area (Å²) in [5, 5.41) is 3.49. The van der Waals surface area contributed by atoms with Crippen LogP contribution in [0.25, 0.3) is 0 Å². The molecule has 0 bridgehead atoms. The van der Waals surface area contributed by atoms with Gasteiger partial charge < -0.3 is 10.1 Å². The van der Waals surface area contributed by atoms with Crippen LogP contribution >= 0.6 is 0 Å². The van der Waals surface area contributed by atoms with Crippen LogP contribution in [0.15, 0.2) is 23.1 Å². The van der Waals surface area contributed by atoms with Crippen LogP contribution in [-0.4, -0.2) is 35.8 Å². The van der Waals surface area contributed by atoms with Gasteiger partial charge in [-0.25, -0.2) is 0 Å². The van der Waals surface area contributed by atoms with E-state index in [9.17, 15) is 4.21 Å². The summed E-state index contributed by atoms with van der Waals surface area (Å²) in [7, 11) is -0.951. The molecule has 0 spiro atoms. The van der Waals surface area contributed by atoms with E-state index in [1.54, 1.807) is 0 Å². The summed E-state index contributed by atoms with van der Waals surface area (Å²) in [5.74, 6) is 1.16. The zero-order valence-electron chi connectivity index (χ0n) is 12.6. The van der Waals surface area contributed by atoms with Crippen molar-refractivity contribution in [3.8, 4) is 0 Å². The highest BCUT2D eigenvalue weighted by atomic mass is 32.2. The number of benzene rings is 1. The Morgan fingerprint density at radius 1 is 1.45 bits per heavy atom. The number of aryl methyl sites for hydroxylation is 2. The molecule has 1 N–H and O–H groups in total. The van der Waals surface area contributed by atoms with Crippen LogP contribution in [0.3, 0.4) is 0 Å². The van der Waals surface area contributed by atoms with Gasteiger partial charge in [-0.1, -0.05) is 19.1 Å². The molecular weight excluding hydrogens is 270 g/mol. The highest BCUT2D eigenvalue weighted by Gasteiger charge is 2.27. The highest BCUT2D eigenvalue weighted by Crippen LogP contribution is 2.21. The number of rotatable bonds is 6. The molecule has 2 rings (SSSR count). The Balaban J connectivity index is 2.09. The fourth-order valence-electron chi connectivity index (χ4n) is 2.70. The second-order valence-corrected chi connectivity index (χ2v) is 7.03. The summed E-state index contributed by atoms with van der Waals surface area (Å²) in [6.07, 6.45) is 1.07. The Hall–Kier alpha value is -0.710. The summed E-state index contributed by atoms with van der Waals surface area (Å²) in [5.41, 5.74) is 2.29. The van der Waals surface area contributed by atoms with E-state index in [0.29, 0.717) is 11.7 Å². The van der Waals surface area contributed by atoms with Gasteiger partial charge in [0.1, 0.15) is 0 Å². The van der Waals surface area contributed by atoms with Crippen molar-refractivity contribution in [2.45, 2.75) is 38.1 Å². The number of hydrogen-bond acceptors (Lipinski definition) is 3. The molecule has 1 aliphatic rings. The van der Waals surface area contributed by atoms with Gasteiger partial charge in [0.25, 0.3) is 0 Å². The lowest BCUT2D eigenvalue weighted by Gasteiger charge is -2.23.